The Hall–Kier alpha value is -1.49. The van der Waals surface area contributed by atoms with E-state index in [1.807, 2.05) is 27.7 Å². The van der Waals surface area contributed by atoms with Gasteiger partial charge in [0.25, 0.3) is 0 Å². The van der Waals surface area contributed by atoms with E-state index in [4.69, 9.17) is 15.2 Å². The molecular formula is C18H24BF3N2O3S. The first-order valence-electron chi connectivity index (χ1n) is 8.64. The highest BCUT2D eigenvalue weighted by molar-refractivity contribution is 8.13. The number of nitrogens with two attached hydrogens (primary N) is 1. The summed E-state index contributed by atoms with van der Waals surface area (Å²) in [6.45, 7) is 9.03. The number of halogens is 3. The number of anilines is 1. The zero-order chi connectivity index (χ0) is 21.3. The van der Waals surface area contributed by atoms with Gasteiger partial charge in [-0.3, -0.25) is 10.6 Å². The van der Waals surface area contributed by atoms with Crippen LogP contribution in [0.25, 0.3) is 6.08 Å². The van der Waals surface area contributed by atoms with Crippen LogP contribution in [-0.4, -0.2) is 29.2 Å². The van der Waals surface area contributed by atoms with Gasteiger partial charge in [-0.2, -0.15) is 13.2 Å². The number of thioether (sulfide) groups is 1. The van der Waals surface area contributed by atoms with Crippen LogP contribution in [0.5, 0.6) is 0 Å². The van der Waals surface area contributed by atoms with Gasteiger partial charge in [-0.05, 0) is 50.9 Å². The van der Waals surface area contributed by atoms with E-state index in [1.165, 1.54) is 13.0 Å². The van der Waals surface area contributed by atoms with E-state index in [0.29, 0.717) is 11.0 Å². The van der Waals surface area contributed by atoms with Gasteiger partial charge in [-0.25, -0.2) is 0 Å². The minimum Gasteiger partial charge on any atom is -0.400 e. The van der Waals surface area contributed by atoms with Crippen molar-refractivity contribution in [2.45, 2.75) is 52.0 Å². The molecule has 1 fully saturated rings. The molecule has 28 heavy (non-hydrogen) atoms. The fourth-order valence-electron chi connectivity index (χ4n) is 2.54. The lowest BCUT2D eigenvalue weighted by atomic mass is 9.78. The van der Waals surface area contributed by atoms with Crippen molar-refractivity contribution in [1.29, 1.82) is 0 Å². The second-order valence-corrected chi connectivity index (χ2v) is 8.68. The fourth-order valence-corrected chi connectivity index (χ4v) is 3.13. The SMILES string of the molecule is CC(=O)SCC(=Cc1ccc(C(F)(F)F)cc1NN)B1OC(C)(C)C(C)(C)O1. The van der Waals surface area contributed by atoms with Crippen LogP contribution < -0.4 is 11.3 Å². The summed E-state index contributed by atoms with van der Waals surface area (Å²) in [6, 6.07) is 3.24. The third-order valence-corrected chi connectivity index (χ3v) is 5.76. The largest absolute Gasteiger partial charge is 0.491 e. The lowest BCUT2D eigenvalue weighted by Gasteiger charge is -2.32. The van der Waals surface area contributed by atoms with Crippen LogP contribution in [0.2, 0.25) is 0 Å². The van der Waals surface area contributed by atoms with Crippen LogP contribution >= 0.6 is 11.8 Å². The highest BCUT2D eigenvalue weighted by atomic mass is 32.2. The molecule has 0 aliphatic carbocycles. The Morgan fingerprint density at radius 1 is 1.25 bits per heavy atom. The van der Waals surface area contributed by atoms with Crippen LogP contribution in [0.1, 0.15) is 45.7 Å². The van der Waals surface area contributed by atoms with Gasteiger partial charge in [-0.1, -0.05) is 23.9 Å². The smallest absolute Gasteiger partial charge is 0.400 e. The molecule has 154 valence electrons. The normalized spacial score (nSPS) is 19.0. The van der Waals surface area contributed by atoms with Gasteiger partial charge in [0.1, 0.15) is 0 Å². The average molecular weight is 416 g/mol. The molecule has 0 amide bonds. The number of nitrogens with one attached hydrogen (secondary N) is 1. The second kappa shape index (κ2) is 8.10. The summed E-state index contributed by atoms with van der Waals surface area (Å²) in [5, 5.41) is -0.0907. The molecule has 0 radical (unpaired) electrons. The third-order valence-electron chi connectivity index (χ3n) is 4.88. The first-order chi connectivity index (χ1) is 12.8. The molecule has 1 aromatic carbocycles. The van der Waals surface area contributed by atoms with E-state index in [1.54, 1.807) is 6.08 Å². The molecular weight excluding hydrogens is 392 g/mol. The van der Waals surface area contributed by atoms with E-state index in [9.17, 15) is 18.0 Å². The summed E-state index contributed by atoms with van der Waals surface area (Å²) in [6.07, 6.45) is -2.83. The van der Waals surface area contributed by atoms with Gasteiger partial charge in [0.2, 0.25) is 0 Å². The quantitative estimate of drug-likeness (QED) is 0.424. The molecule has 1 aromatic rings. The molecule has 0 unspecified atom stereocenters. The van der Waals surface area contributed by atoms with E-state index >= 15 is 0 Å². The van der Waals surface area contributed by atoms with Crippen LogP contribution in [0.4, 0.5) is 18.9 Å². The van der Waals surface area contributed by atoms with Crippen molar-refractivity contribution in [2.24, 2.45) is 5.84 Å². The zero-order valence-corrected chi connectivity index (χ0v) is 17.3. The molecule has 2 rings (SSSR count). The Bertz CT molecular complexity index is 766. The summed E-state index contributed by atoms with van der Waals surface area (Å²) in [5.74, 6) is 5.71. The standard InChI is InChI=1S/C18H24BF3N2O3S/c1-11(25)28-10-14(19-26-16(2,3)17(4,5)27-19)8-12-6-7-13(18(20,21)22)9-15(12)24-23/h6-9,24H,10,23H2,1-5H3. The Balaban J connectivity index is 2.44. The van der Waals surface area contributed by atoms with E-state index < -0.39 is 30.1 Å². The number of benzene rings is 1. The number of carbonyl (C=O) groups is 1. The van der Waals surface area contributed by atoms with E-state index in [0.717, 1.165) is 23.9 Å². The highest BCUT2D eigenvalue weighted by Crippen LogP contribution is 2.40. The molecule has 0 aromatic heterocycles. The first kappa shape index (κ1) is 22.8. The Morgan fingerprint density at radius 3 is 2.29 bits per heavy atom. The molecule has 0 atom stereocenters. The number of nitrogen functional groups attached to an aromatic ring is 1. The zero-order valence-electron chi connectivity index (χ0n) is 16.4. The predicted molar refractivity (Wildman–Crippen MR) is 106 cm³/mol. The van der Waals surface area contributed by atoms with Crippen molar-refractivity contribution in [2.75, 3.05) is 11.2 Å². The van der Waals surface area contributed by atoms with Crippen molar-refractivity contribution in [1.82, 2.24) is 0 Å². The highest BCUT2D eigenvalue weighted by Gasteiger charge is 2.52. The average Bonchev–Trinajstić information content (AvgIpc) is 2.78. The Labute approximate surface area is 167 Å². The van der Waals surface area contributed by atoms with Gasteiger partial charge in [-0.15, -0.1) is 0 Å². The maximum absolute atomic E-state index is 13.0. The third kappa shape index (κ3) is 5.11. The molecule has 0 bridgehead atoms. The summed E-state index contributed by atoms with van der Waals surface area (Å²) in [7, 11) is -0.732. The summed E-state index contributed by atoms with van der Waals surface area (Å²) < 4.78 is 50.9. The molecule has 1 aliphatic heterocycles. The van der Waals surface area contributed by atoms with Crippen LogP contribution in [0, 0.1) is 0 Å². The minimum atomic E-state index is -4.48. The number of rotatable bonds is 5. The summed E-state index contributed by atoms with van der Waals surface area (Å²) >= 11 is 1.07. The Kier molecular flexibility index (Phi) is 6.59. The molecule has 3 N–H and O–H groups in total. The lowest BCUT2D eigenvalue weighted by molar-refractivity contribution is -0.137. The van der Waals surface area contributed by atoms with Crippen molar-refractivity contribution in [3.63, 3.8) is 0 Å². The number of carbonyl (C=O) groups excluding carboxylic acids is 1. The van der Waals surface area contributed by atoms with Crippen LogP contribution in [-0.2, 0) is 20.3 Å². The molecule has 5 nitrogen and oxygen atoms in total. The summed E-state index contributed by atoms with van der Waals surface area (Å²) in [4.78, 5) is 11.4. The number of hydrogen-bond donors (Lipinski definition) is 2. The second-order valence-electron chi connectivity index (χ2n) is 7.53. The molecule has 1 saturated heterocycles. The molecule has 1 aliphatic rings. The number of alkyl halides is 3. The van der Waals surface area contributed by atoms with Gasteiger partial charge in [0, 0.05) is 12.7 Å². The molecule has 0 spiro atoms. The maximum Gasteiger partial charge on any atom is 0.491 e. The van der Waals surface area contributed by atoms with Gasteiger partial charge < -0.3 is 14.7 Å². The van der Waals surface area contributed by atoms with Crippen molar-refractivity contribution in [3.05, 3.63) is 34.8 Å². The number of hydrazine groups is 1. The van der Waals surface area contributed by atoms with Crippen molar-refractivity contribution < 1.29 is 27.3 Å². The Morgan fingerprint density at radius 2 is 1.82 bits per heavy atom. The molecule has 10 heteroatoms. The van der Waals surface area contributed by atoms with Crippen LogP contribution in [0.3, 0.4) is 0 Å². The lowest BCUT2D eigenvalue weighted by Crippen LogP contribution is -2.41. The predicted octanol–water partition coefficient (Wildman–Crippen LogP) is 4.29. The first-order valence-corrected chi connectivity index (χ1v) is 9.63. The van der Waals surface area contributed by atoms with Gasteiger partial charge in [0.15, 0.2) is 5.12 Å². The topological polar surface area (TPSA) is 73.6 Å². The van der Waals surface area contributed by atoms with Gasteiger partial charge in [0.05, 0.1) is 22.5 Å². The van der Waals surface area contributed by atoms with Crippen molar-refractivity contribution >= 4 is 35.8 Å². The van der Waals surface area contributed by atoms with E-state index in [2.05, 4.69) is 5.43 Å². The number of hydrogen-bond acceptors (Lipinski definition) is 6. The minimum absolute atomic E-state index is 0.0907. The van der Waals surface area contributed by atoms with Gasteiger partial charge >= 0.3 is 13.3 Å². The maximum atomic E-state index is 13.0. The summed E-state index contributed by atoms with van der Waals surface area (Å²) in [5.41, 5.74) is 1.47. The molecule has 0 saturated carbocycles. The molecule has 1 heterocycles. The fraction of sp³-hybridized carbons (Fsp3) is 0.500. The van der Waals surface area contributed by atoms with Crippen molar-refractivity contribution in [3.8, 4) is 0 Å². The van der Waals surface area contributed by atoms with E-state index in [-0.39, 0.29) is 16.6 Å². The monoisotopic (exact) mass is 416 g/mol. The van der Waals surface area contributed by atoms with Crippen LogP contribution in [0.15, 0.2) is 23.7 Å².